The third kappa shape index (κ3) is 4.02. The number of hydrogen-bond acceptors (Lipinski definition) is 5. The van der Waals surface area contributed by atoms with Crippen LogP contribution in [0.5, 0.6) is 0 Å². The zero-order valence-corrected chi connectivity index (χ0v) is 15.2. The summed E-state index contributed by atoms with van der Waals surface area (Å²) in [4.78, 5) is 25.8. The molecule has 1 atom stereocenters. The Morgan fingerprint density at radius 3 is 2.92 bits per heavy atom. The fourth-order valence-electron chi connectivity index (χ4n) is 3.05. The van der Waals surface area contributed by atoms with E-state index in [-0.39, 0.29) is 11.9 Å². The first-order chi connectivity index (χ1) is 11.7. The molecule has 0 aliphatic carbocycles. The summed E-state index contributed by atoms with van der Waals surface area (Å²) in [5, 5.41) is 3.36. The van der Waals surface area contributed by atoms with E-state index in [1.807, 2.05) is 22.6 Å². The van der Waals surface area contributed by atoms with Crippen LogP contribution in [0.3, 0.4) is 0 Å². The van der Waals surface area contributed by atoms with Gasteiger partial charge in [0.15, 0.2) is 0 Å². The minimum absolute atomic E-state index is 0.178. The quantitative estimate of drug-likeness (QED) is 0.832. The molecule has 6 nitrogen and oxygen atoms in total. The molecular formula is C17H25N5OS. The number of carbonyl (C=O) groups is 1. The molecule has 0 spiro atoms. The highest BCUT2D eigenvalue weighted by atomic mass is 32.1. The normalized spacial score (nSPS) is 17.7. The Bertz CT molecular complexity index is 654. The number of rotatable bonds is 5. The maximum atomic E-state index is 12.7. The van der Waals surface area contributed by atoms with Crippen LogP contribution in [0.15, 0.2) is 24.1 Å². The molecule has 0 N–H and O–H groups in total. The van der Waals surface area contributed by atoms with Crippen molar-refractivity contribution in [1.29, 1.82) is 0 Å². The second-order valence-corrected chi connectivity index (χ2v) is 7.17. The van der Waals surface area contributed by atoms with Crippen LogP contribution in [0.4, 0.5) is 0 Å². The number of hydrogen-bond donors (Lipinski definition) is 0. The molecule has 1 aliphatic rings. The van der Waals surface area contributed by atoms with Crippen molar-refractivity contribution in [3.8, 4) is 0 Å². The van der Waals surface area contributed by atoms with Gasteiger partial charge in [0.1, 0.15) is 6.04 Å². The van der Waals surface area contributed by atoms with Crippen LogP contribution < -0.4 is 0 Å². The highest BCUT2D eigenvalue weighted by molar-refractivity contribution is 7.09. The Hall–Kier alpha value is -1.73. The molecule has 0 bridgehead atoms. The minimum Gasteiger partial charge on any atom is -0.340 e. The smallest absolute Gasteiger partial charge is 0.245 e. The van der Waals surface area contributed by atoms with E-state index in [4.69, 9.17) is 0 Å². The maximum Gasteiger partial charge on any atom is 0.245 e. The zero-order valence-electron chi connectivity index (χ0n) is 14.4. The van der Waals surface area contributed by atoms with Crippen molar-refractivity contribution in [3.05, 3.63) is 34.8 Å². The van der Waals surface area contributed by atoms with E-state index in [1.165, 1.54) is 5.01 Å². The van der Waals surface area contributed by atoms with E-state index >= 15 is 0 Å². The summed E-state index contributed by atoms with van der Waals surface area (Å²) in [5.41, 5.74) is 1.16. The van der Waals surface area contributed by atoms with Crippen molar-refractivity contribution in [3.63, 3.8) is 0 Å². The maximum absolute atomic E-state index is 12.7. The Morgan fingerprint density at radius 1 is 1.33 bits per heavy atom. The molecule has 130 valence electrons. The minimum atomic E-state index is -0.190. The second kappa shape index (κ2) is 7.90. The number of imidazole rings is 1. The average Bonchev–Trinajstić information content (AvgIpc) is 3.23. The van der Waals surface area contributed by atoms with Gasteiger partial charge < -0.3 is 9.47 Å². The van der Waals surface area contributed by atoms with Gasteiger partial charge in [0.2, 0.25) is 5.91 Å². The molecule has 1 aliphatic heterocycles. The number of nitrogens with zero attached hydrogens (tertiary/aromatic N) is 5. The molecule has 7 heteroatoms. The Kier molecular flexibility index (Phi) is 5.63. The van der Waals surface area contributed by atoms with E-state index in [2.05, 4.69) is 27.2 Å². The number of amides is 1. The predicted octanol–water partition coefficient (Wildman–Crippen LogP) is 2.20. The van der Waals surface area contributed by atoms with Crippen LogP contribution in [-0.2, 0) is 17.8 Å². The van der Waals surface area contributed by atoms with Crippen molar-refractivity contribution < 1.29 is 4.79 Å². The summed E-state index contributed by atoms with van der Waals surface area (Å²) in [6.45, 7) is 8.49. The molecule has 3 heterocycles. The van der Waals surface area contributed by atoms with Crippen molar-refractivity contribution in [2.45, 2.75) is 39.3 Å². The van der Waals surface area contributed by atoms with E-state index in [1.54, 1.807) is 23.9 Å². The third-order valence-electron chi connectivity index (χ3n) is 4.52. The lowest BCUT2D eigenvalue weighted by molar-refractivity contribution is -0.134. The molecule has 2 aromatic heterocycles. The van der Waals surface area contributed by atoms with Crippen LogP contribution in [0, 0.1) is 0 Å². The molecule has 1 fully saturated rings. The lowest BCUT2D eigenvalue weighted by Crippen LogP contribution is -2.38. The van der Waals surface area contributed by atoms with Gasteiger partial charge in [0.25, 0.3) is 0 Å². The predicted molar refractivity (Wildman–Crippen MR) is 94.9 cm³/mol. The van der Waals surface area contributed by atoms with Crippen LogP contribution in [-0.4, -0.2) is 56.4 Å². The van der Waals surface area contributed by atoms with Gasteiger partial charge in [0, 0.05) is 50.5 Å². The highest BCUT2D eigenvalue weighted by Crippen LogP contribution is 2.16. The molecule has 2 aromatic rings. The number of aryl methyl sites for hydroxylation is 1. The standard InChI is InChI=1S/C17H25N5OS/c1-3-16-19-15(12-24-16)11-20-6-4-7-21(10-9-20)17(23)14(2)22-8-5-18-13-22/h5,8,12-14H,3-4,6-7,9-11H2,1-2H3/t14-/m1/s1. The first kappa shape index (κ1) is 17.1. The molecule has 3 rings (SSSR count). The molecular weight excluding hydrogens is 322 g/mol. The zero-order chi connectivity index (χ0) is 16.9. The Balaban J connectivity index is 1.55. The second-order valence-electron chi connectivity index (χ2n) is 6.23. The van der Waals surface area contributed by atoms with Gasteiger partial charge in [-0.3, -0.25) is 9.69 Å². The van der Waals surface area contributed by atoms with Gasteiger partial charge in [-0.05, 0) is 19.8 Å². The molecule has 1 amide bonds. The van der Waals surface area contributed by atoms with E-state index < -0.39 is 0 Å². The summed E-state index contributed by atoms with van der Waals surface area (Å²) in [6, 6.07) is -0.190. The Morgan fingerprint density at radius 2 is 2.21 bits per heavy atom. The molecule has 1 saturated heterocycles. The first-order valence-electron chi connectivity index (χ1n) is 8.59. The molecule has 24 heavy (non-hydrogen) atoms. The van der Waals surface area contributed by atoms with Crippen LogP contribution in [0.1, 0.15) is 37.0 Å². The lowest BCUT2D eigenvalue weighted by atomic mass is 10.2. The van der Waals surface area contributed by atoms with Crippen LogP contribution in [0.2, 0.25) is 0 Å². The van der Waals surface area contributed by atoms with Gasteiger partial charge >= 0.3 is 0 Å². The summed E-state index contributed by atoms with van der Waals surface area (Å²) in [7, 11) is 0. The van der Waals surface area contributed by atoms with Gasteiger partial charge in [-0.2, -0.15) is 0 Å². The van der Waals surface area contributed by atoms with Crippen LogP contribution >= 0.6 is 11.3 Å². The van der Waals surface area contributed by atoms with Gasteiger partial charge in [-0.15, -0.1) is 11.3 Å². The largest absolute Gasteiger partial charge is 0.340 e. The summed E-state index contributed by atoms with van der Waals surface area (Å²) in [5.74, 6) is 0.178. The van der Waals surface area contributed by atoms with Crippen LogP contribution in [0.25, 0.3) is 0 Å². The van der Waals surface area contributed by atoms with Crippen molar-refractivity contribution in [2.75, 3.05) is 26.2 Å². The van der Waals surface area contributed by atoms with E-state index in [0.29, 0.717) is 0 Å². The number of aromatic nitrogens is 3. The van der Waals surface area contributed by atoms with Crippen molar-refractivity contribution >= 4 is 17.2 Å². The van der Waals surface area contributed by atoms with E-state index in [9.17, 15) is 4.79 Å². The summed E-state index contributed by atoms with van der Waals surface area (Å²) < 4.78 is 1.87. The van der Waals surface area contributed by atoms with Gasteiger partial charge in [0.05, 0.1) is 17.0 Å². The summed E-state index contributed by atoms with van der Waals surface area (Å²) in [6.07, 6.45) is 7.28. The fraction of sp³-hybridized carbons (Fsp3) is 0.588. The van der Waals surface area contributed by atoms with Crippen molar-refractivity contribution in [2.24, 2.45) is 0 Å². The molecule has 0 radical (unpaired) electrons. The Labute approximate surface area is 147 Å². The fourth-order valence-corrected chi connectivity index (χ4v) is 3.79. The van der Waals surface area contributed by atoms with E-state index in [0.717, 1.165) is 51.3 Å². The topological polar surface area (TPSA) is 54.3 Å². The number of carbonyl (C=O) groups excluding carboxylic acids is 1. The molecule has 0 aromatic carbocycles. The number of thiazole rings is 1. The third-order valence-corrected chi connectivity index (χ3v) is 5.56. The first-order valence-corrected chi connectivity index (χ1v) is 9.47. The monoisotopic (exact) mass is 347 g/mol. The van der Waals surface area contributed by atoms with Gasteiger partial charge in [-0.25, -0.2) is 9.97 Å². The lowest BCUT2D eigenvalue weighted by Gasteiger charge is -2.25. The van der Waals surface area contributed by atoms with Crippen molar-refractivity contribution in [1.82, 2.24) is 24.3 Å². The molecule has 0 unspecified atom stereocenters. The molecule has 0 saturated carbocycles. The van der Waals surface area contributed by atoms with Gasteiger partial charge in [-0.1, -0.05) is 6.92 Å². The summed E-state index contributed by atoms with van der Waals surface area (Å²) >= 11 is 1.74. The SMILES string of the molecule is CCc1nc(CN2CCCN(C(=O)[C@@H](C)n3ccnc3)CC2)cs1. The highest BCUT2D eigenvalue weighted by Gasteiger charge is 2.24. The average molecular weight is 347 g/mol.